The van der Waals surface area contributed by atoms with Crippen LogP contribution < -0.4 is 16.1 Å². The van der Waals surface area contributed by atoms with Crippen LogP contribution in [0, 0.1) is 0 Å². The fourth-order valence-electron chi connectivity index (χ4n) is 2.82. The number of carboxylic acid groups (broad SMARTS) is 1. The van der Waals surface area contributed by atoms with E-state index in [0.29, 0.717) is 5.56 Å². The fraction of sp³-hybridized carbons (Fsp3) is 0.286. The van der Waals surface area contributed by atoms with Crippen molar-refractivity contribution in [3.8, 4) is 11.1 Å². The van der Waals surface area contributed by atoms with Crippen LogP contribution in [0.5, 0.6) is 0 Å². The van der Waals surface area contributed by atoms with Crippen molar-refractivity contribution >= 4 is 17.8 Å². The predicted octanol–water partition coefficient (Wildman–Crippen LogP) is 1.58. The average Bonchev–Trinajstić information content (AvgIpc) is 2.75. The summed E-state index contributed by atoms with van der Waals surface area (Å²) in [4.78, 5) is 35.1. The smallest absolute Gasteiger partial charge is 0.317 e. The van der Waals surface area contributed by atoms with Gasteiger partial charge in [-0.2, -0.15) is 0 Å². The van der Waals surface area contributed by atoms with Crippen LogP contribution in [0.2, 0.25) is 0 Å². The van der Waals surface area contributed by atoms with Crippen molar-refractivity contribution < 1.29 is 24.7 Å². The quantitative estimate of drug-likeness (QED) is 0.322. The lowest BCUT2D eigenvalue weighted by Gasteiger charge is -2.23. The van der Waals surface area contributed by atoms with Crippen molar-refractivity contribution in [3.05, 3.63) is 59.7 Å². The molecule has 0 spiro atoms. The van der Waals surface area contributed by atoms with Crippen LogP contribution >= 0.6 is 0 Å². The van der Waals surface area contributed by atoms with Gasteiger partial charge >= 0.3 is 5.97 Å². The number of carbonyl (C=O) groups is 3. The number of amides is 2. The Hall–Kier alpha value is -3.23. The van der Waals surface area contributed by atoms with Gasteiger partial charge in [-0.1, -0.05) is 43.3 Å². The molecule has 8 nitrogen and oxygen atoms in total. The molecule has 0 heterocycles. The summed E-state index contributed by atoms with van der Waals surface area (Å²) in [6.07, 6.45) is 0.960. The number of hydrogen-bond acceptors (Lipinski definition) is 5. The molecule has 0 radical (unpaired) electrons. The third-order valence-corrected chi connectivity index (χ3v) is 4.60. The van der Waals surface area contributed by atoms with Crippen LogP contribution in [0.3, 0.4) is 0 Å². The molecule has 29 heavy (non-hydrogen) atoms. The van der Waals surface area contributed by atoms with E-state index in [1.54, 1.807) is 12.1 Å². The Morgan fingerprint density at radius 3 is 2.00 bits per heavy atom. The van der Waals surface area contributed by atoms with Crippen LogP contribution in [-0.2, 0) is 16.0 Å². The lowest BCUT2D eigenvalue weighted by Crippen LogP contribution is -2.56. The number of aliphatic carboxylic acids is 1. The first-order valence-electron chi connectivity index (χ1n) is 9.25. The molecule has 2 rings (SSSR count). The highest BCUT2D eigenvalue weighted by atomic mass is 16.5. The summed E-state index contributed by atoms with van der Waals surface area (Å²) in [6.45, 7) is 3.23. The van der Waals surface area contributed by atoms with Crippen molar-refractivity contribution in [3.63, 3.8) is 0 Å². The monoisotopic (exact) mass is 399 g/mol. The van der Waals surface area contributed by atoms with Crippen LogP contribution in [0.4, 0.5) is 0 Å². The molecule has 8 heteroatoms. The van der Waals surface area contributed by atoms with Gasteiger partial charge in [-0.3, -0.25) is 19.6 Å². The van der Waals surface area contributed by atoms with E-state index in [1.807, 2.05) is 24.3 Å². The first kappa shape index (κ1) is 22.1. The predicted molar refractivity (Wildman–Crippen MR) is 108 cm³/mol. The SMILES string of the molecule is CCc1ccc(-c2ccc(C(=O)N[C@H](C(=O)NO)[C@@H](C)NCC(=O)O)cc2)cc1. The number of hydroxylamine groups is 1. The third-order valence-electron chi connectivity index (χ3n) is 4.60. The van der Waals surface area contributed by atoms with Crippen molar-refractivity contribution in [2.45, 2.75) is 32.4 Å². The van der Waals surface area contributed by atoms with E-state index in [2.05, 4.69) is 29.7 Å². The third kappa shape index (κ3) is 6.13. The maximum Gasteiger partial charge on any atom is 0.317 e. The Morgan fingerprint density at radius 2 is 1.52 bits per heavy atom. The van der Waals surface area contributed by atoms with E-state index < -0.39 is 36.4 Å². The second kappa shape index (κ2) is 10.4. The molecule has 2 aromatic rings. The fourth-order valence-corrected chi connectivity index (χ4v) is 2.82. The standard InChI is InChI=1S/C21H25N3O5/c1-3-14-4-6-15(7-5-14)16-8-10-17(11-9-16)20(27)23-19(21(28)24-29)13(2)22-12-18(25)26/h4-11,13,19,22,29H,3,12H2,1-2H3,(H,23,27)(H,24,28)(H,25,26)/t13-,19+/m1/s1. The molecule has 0 saturated carbocycles. The van der Waals surface area contributed by atoms with Gasteiger partial charge in [0.05, 0.1) is 6.54 Å². The molecule has 5 N–H and O–H groups in total. The van der Waals surface area contributed by atoms with Gasteiger partial charge < -0.3 is 15.7 Å². The Labute approximate surface area is 168 Å². The molecule has 0 aliphatic rings. The molecule has 2 amide bonds. The number of carboxylic acids is 1. The van der Waals surface area contributed by atoms with Gasteiger partial charge in [-0.25, -0.2) is 5.48 Å². The summed E-state index contributed by atoms with van der Waals surface area (Å²) in [5, 5.41) is 22.8. The van der Waals surface area contributed by atoms with Crippen molar-refractivity contribution in [2.75, 3.05) is 6.54 Å². The summed E-state index contributed by atoms with van der Waals surface area (Å²) in [5.41, 5.74) is 5.04. The second-order valence-electron chi connectivity index (χ2n) is 6.62. The summed E-state index contributed by atoms with van der Waals surface area (Å²) < 4.78 is 0. The van der Waals surface area contributed by atoms with Gasteiger partial charge in [0.2, 0.25) is 0 Å². The van der Waals surface area contributed by atoms with E-state index in [-0.39, 0.29) is 0 Å². The highest BCUT2D eigenvalue weighted by molar-refractivity contribution is 5.98. The van der Waals surface area contributed by atoms with Gasteiger partial charge in [0.1, 0.15) is 6.04 Å². The highest BCUT2D eigenvalue weighted by Crippen LogP contribution is 2.20. The van der Waals surface area contributed by atoms with E-state index in [0.717, 1.165) is 17.5 Å². The molecule has 2 aromatic carbocycles. The lowest BCUT2D eigenvalue weighted by atomic mass is 10.0. The molecule has 0 aromatic heterocycles. The van der Waals surface area contributed by atoms with E-state index >= 15 is 0 Å². The van der Waals surface area contributed by atoms with Crippen LogP contribution in [0.1, 0.15) is 29.8 Å². The van der Waals surface area contributed by atoms with E-state index in [4.69, 9.17) is 10.3 Å². The van der Waals surface area contributed by atoms with E-state index in [9.17, 15) is 14.4 Å². The number of carbonyl (C=O) groups excluding carboxylic acids is 2. The molecular weight excluding hydrogens is 374 g/mol. The Morgan fingerprint density at radius 1 is 0.966 bits per heavy atom. The highest BCUT2D eigenvalue weighted by Gasteiger charge is 2.27. The van der Waals surface area contributed by atoms with Gasteiger partial charge in [-0.05, 0) is 42.2 Å². The molecule has 0 aliphatic heterocycles. The van der Waals surface area contributed by atoms with Gasteiger partial charge in [0, 0.05) is 11.6 Å². The molecule has 0 fully saturated rings. The lowest BCUT2D eigenvalue weighted by molar-refractivity contribution is -0.137. The minimum atomic E-state index is -1.16. The zero-order valence-electron chi connectivity index (χ0n) is 16.3. The summed E-state index contributed by atoms with van der Waals surface area (Å²) in [6, 6.07) is 13.2. The molecular formula is C21H25N3O5. The largest absolute Gasteiger partial charge is 0.480 e. The van der Waals surface area contributed by atoms with Crippen molar-refractivity contribution in [1.29, 1.82) is 0 Å². The second-order valence-corrected chi connectivity index (χ2v) is 6.62. The Balaban J connectivity index is 2.10. The van der Waals surface area contributed by atoms with Gasteiger partial charge in [-0.15, -0.1) is 0 Å². The minimum absolute atomic E-state index is 0.333. The molecule has 0 saturated heterocycles. The van der Waals surface area contributed by atoms with Crippen LogP contribution in [-0.4, -0.2) is 46.7 Å². The number of rotatable bonds is 9. The zero-order valence-corrected chi connectivity index (χ0v) is 16.3. The molecule has 2 atom stereocenters. The first-order chi connectivity index (χ1) is 13.8. The Bertz CT molecular complexity index is 850. The number of nitrogens with one attached hydrogen (secondary N) is 3. The number of aryl methyl sites for hydroxylation is 1. The molecule has 0 aliphatic carbocycles. The van der Waals surface area contributed by atoms with Crippen LogP contribution in [0.15, 0.2) is 48.5 Å². The topological polar surface area (TPSA) is 128 Å². The number of hydrogen-bond donors (Lipinski definition) is 5. The van der Waals surface area contributed by atoms with Gasteiger partial charge in [0.15, 0.2) is 0 Å². The van der Waals surface area contributed by atoms with Gasteiger partial charge in [0.25, 0.3) is 11.8 Å². The molecule has 0 unspecified atom stereocenters. The maximum atomic E-state index is 12.5. The molecule has 154 valence electrons. The minimum Gasteiger partial charge on any atom is -0.480 e. The average molecular weight is 399 g/mol. The van der Waals surface area contributed by atoms with Crippen molar-refractivity contribution in [1.82, 2.24) is 16.1 Å². The summed E-state index contributed by atoms with van der Waals surface area (Å²) in [5.74, 6) is -2.47. The maximum absolute atomic E-state index is 12.5. The summed E-state index contributed by atoms with van der Waals surface area (Å²) in [7, 11) is 0. The van der Waals surface area contributed by atoms with Crippen LogP contribution in [0.25, 0.3) is 11.1 Å². The summed E-state index contributed by atoms with van der Waals surface area (Å²) >= 11 is 0. The Kier molecular flexibility index (Phi) is 7.88. The van der Waals surface area contributed by atoms with Crippen molar-refractivity contribution in [2.24, 2.45) is 0 Å². The first-order valence-corrected chi connectivity index (χ1v) is 9.25. The zero-order chi connectivity index (χ0) is 21.4. The molecule has 0 bridgehead atoms. The number of benzene rings is 2. The normalized spacial score (nSPS) is 12.7. The van der Waals surface area contributed by atoms with E-state index in [1.165, 1.54) is 18.0 Å².